The molecule has 4 N–H and O–H groups in total. The van der Waals surface area contributed by atoms with E-state index in [4.69, 9.17) is 5.84 Å². The zero-order valence-corrected chi connectivity index (χ0v) is 14.3. The van der Waals surface area contributed by atoms with Crippen molar-refractivity contribution in [1.82, 2.24) is 15.6 Å². The molecule has 1 unspecified atom stereocenters. The van der Waals surface area contributed by atoms with Crippen LogP contribution in [0.1, 0.15) is 17.0 Å². The molecule has 1 aliphatic rings. The van der Waals surface area contributed by atoms with Crippen LogP contribution >= 0.6 is 0 Å². The summed E-state index contributed by atoms with van der Waals surface area (Å²) in [5.74, 6) is 4.20. The Kier molecular flexibility index (Phi) is 5.92. The van der Waals surface area contributed by atoms with E-state index in [0.29, 0.717) is 13.1 Å². The number of nitrogens with zero attached hydrogens (tertiary/aromatic N) is 1. The molecule has 3 rings (SSSR count). The van der Waals surface area contributed by atoms with E-state index in [9.17, 15) is 13.6 Å². The maximum atomic E-state index is 13.4. The van der Waals surface area contributed by atoms with Crippen LogP contribution in [0.15, 0.2) is 48.5 Å². The van der Waals surface area contributed by atoms with Crippen molar-refractivity contribution in [3.63, 3.8) is 0 Å². The highest BCUT2D eigenvalue weighted by Crippen LogP contribution is 2.32. The molecule has 0 aliphatic carbocycles. The number of benzene rings is 2. The number of carbonyl (C=O) groups excluding carboxylic acids is 1. The molecule has 1 amide bonds. The van der Waals surface area contributed by atoms with Gasteiger partial charge in [0.05, 0.1) is 6.54 Å². The maximum absolute atomic E-state index is 13.4. The summed E-state index contributed by atoms with van der Waals surface area (Å²) in [6, 6.07) is 12.5. The number of nitrogens with two attached hydrogens (primary N) is 1. The third-order valence-electron chi connectivity index (χ3n) is 4.75. The standard InChI is InChI=1S/C19H22F2N4O/c20-15-5-1-13(2-6-15)19(14-3-7-16(21)8-4-14)17-11-23-9-10-25(17)12-18(26)24-22/h1-8,17,19,23H,9-12,22H2,(H,24,26). The van der Waals surface area contributed by atoms with Crippen molar-refractivity contribution < 1.29 is 13.6 Å². The molecular weight excluding hydrogens is 338 g/mol. The maximum Gasteiger partial charge on any atom is 0.248 e. The monoisotopic (exact) mass is 360 g/mol. The van der Waals surface area contributed by atoms with Gasteiger partial charge in [-0.1, -0.05) is 24.3 Å². The lowest BCUT2D eigenvalue weighted by molar-refractivity contribution is -0.123. The minimum atomic E-state index is -0.312. The molecule has 1 saturated heterocycles. The lowest BCUT2D eigenvalue weighted by atomic mass is 9.83. The Balaban J connectivity index is 1.98. The van der Waals surface area contributed by atoms with Crippen LogP contribution in [0.4, 0.5) is 8.78 Å². The smallest absolute Gasteiger partial charge is 0.248 e. The Hall–Kier alpha value is -2.35. The predicted octanol–water partition coefficient (Wildman–Crippen LogP) is 1.36. The number of rotatable bonds is 5. The molecule has 0 radical (unpaired) electrons. The van der Waals surface area contributed by atoms with Gasteiger partial charge in [0, 0.05) is 31.6 Å². The summed E-state index contributed by atoms with van der Waals surface area (Å²) in [6.45, 7) is 2.25. The average molecular weight is 360 g/mol. The van der Waals surface area contributed by atoms with Gasteiger partial charge in [0.25, 0.3) is 0 Å². The van der Waals surface area contributed by atoms with Gasteiger partial charge in [0.2, 0.25) is 5.91 Å². The zero-order valence-electron chi connectivity index (χ0n) is 14.3. The molecule has 0 bridgehead atoms. The van der Waals surface area contributed by atoms with Crippen LogP contribution in [-0.2, 0) is 4.79 Å². The molecule has 138 valence electrons. The van der Waals surface area contributed by atoms with Crippen molar-refractivity contribution in [2.24, 2.45) is 5.84 Å². The molecule has 0 spiro atoms. The Morgan fingerprint density at radius 2 is 1.65 bits per heavy atom. The van der Waals surface area contributed by atoms with Gasteiger partial charge in [0.15, 0.2) is 0 Å². The van der Waals surface area contributed by atoms with Gasteiger partial charge in [-0.3, -0.25) is 15.1 Å². The first-order valence-corrected chi connectivity index (χ1v) is 8.53. The Morgan fingerprint density at radius 1 is 1.12 bits per heavy atom. The fourth-order valence-electron chi connectivity index (χ4n) is 3.50. The van der Waals surface area contributed by atoms with Gasteiger partial charge in [0.1, 0.15) is 11.6 Å². The van der Waals surface area contributed by atoms with E-state index in [1.807, 2.05) is 0 Å². The predicted molar refractivity (Wildman–Crippen MR) is 95.2 cm³/mol. The van der Waals surface area contributed by atoms with Crippen molar-refractivity contribution >= 4 is 5.91 Å². The van der Waals surface area contributed by atoms with Crippen molar-refractivity contribution in [3.8, 4) is 0 Å². The van der Waals surface area contributed by atoms with Crippen molar-refractivity contribution in [1.29, 1.82) is 0 Å². The van der Waals surface area contributed by atoms with Gasteiger partial charge in [-0.2, -0.15) is 0 Å². The van der Waals surface area contributed by atoms with E-state index in [2.05, 4.69) is 15.6 Å². The third-order valence-corrected chi connectivity index (χ3v) is 4.75. The van der Waals surface area contributed by atoms with Crippen LogP contribution in [0.2, 0.25) is 0 Å². The van der Waals surface area contributed by atoms with E-state index >= 15 is 0 Å². The normalized spacial score (nSPS) is 18.1. The number of hydrogen-bond acceptors (Lipinski definition) is 4. The second-order valence-electron chi connectivity index (χ2n) is 6.39. The quantitative estimate of drug-likeness (QED) is 0.428. The van der Waals surface area contributed by atoms with Crippen LogP contribution in [0.3, 0.4) is 0 Å². The van der Waals surface area contributed by atoms with E-state index in [-0.39, 0.29) is 36.0 Å². The number of halogens is 2. The second-order valence-corrected chi connectivity index (χ2v) is 6.39. The first-order chi connectivity index (χ1) is 12.6. The number of hydrogen-bond donors (Lipinski definition) is 3. The summed E-state index contributed by atoms with van der Waals surface area (Å²) in [5.41, 5.74) is 3.98. The molecular formula is C19H22F2N4O. The van der Waals surface area contributed by atoms with E-state index in [1.165, 1.54) is 24.3 Å². The molecule has 1 heterocycles. The van der Waals surface area contributed by atoms with Crippen LogP contribution in [0.5, 0.6) is 0 Å². The van der Waals surface area contributed by atoms with Crippen LogP contribution in [0.25, 0.3) is 0 Å². The van der Waals surface area contributed by atoms with Crippen LogP contribution < -0.4 is 16.6 Å². The topological polar surface area (TPSA) is 70.4 Å². The highest BCUT2D eigenvalue weighted by molar-refractivity contribution is 5.77. The molecule has 1 fully saturated rings. The molecule has 26 heavy (non-hydrogen) atoms. The summed E-state index contributed by atoms with van der Waals surface area (Å²) >= 11 is 0. The molecule has 0 aromatic heterocycles. The number of hydrazine groups is 1. The van der Waals surface area contributed by atoms with E-state index in [1.54, 1.807) is 24.3 Å². The van der Waals surface area contributed by atoms with Gasteiger partial charge in [-0.15, -0.1) is 0 Å². The summed E-state index contributed by atoms with van der Waals surface area (Å²) in [5, 5.41) is 3.35. The summed E-state index contributed by atoms with van der Waals surface area (Å²) < 4.78 is 26.8. The van der Waals surface area contributed by atoms with Gasteiger partial charge in [-0.05, 0) is 35.4 Å². The van der Waals surface area contributed by atoms with Crippen LogP contribution in [0, 0.1) is 11.6 Å². The van der Waals surface area contributed by atoms with Crippen LogP contribution in [-0.4, -0.2) is 43.0 Å². The first kappa shape index (κ1) is 18.4. The molecule has 1 atom stereocenters. The first-order valence-electron chi connectivity index (χ1n) is 8.53. The van der Waals surface area contributed by atoms with Crippen molar-refractivity contribution in [2.45, 2.75) is 12.0 Å². The molecule has 2 aromatic rings. The second kappa shape index (κ2) is 8.35. The molecule has 1 aliphatic heterocycles. The van der Waals surface area contributed by atoms with Gasteiger partial charge < -0.3 is 5.32 Å². The summed E-state index contributed by atoms with van der Waals surface area (Å²) in [4.78, 5) is 13.9. The minimum absolute atomic E-state index is 0.0584. The number of carbonyl (C=O) groups is 1. The molecule has 2 aromatic carbocycles. The lowest BCUT2D eigenvalue weighted by Gasteiger charge is -2.40. The number of amides is 1. The average Bonchev–Trinajstić information content (AvgIpc) is 2.66. The fourth-order valence-corrected chi connectivity index (χ4v) is 3.50. The third kappa shape index (κ3) is 4.24. The molecule has 7 heteroatoms. The van der Waals surface area contributed by atoms with E-state index < -0.39 is 0 Å². The lowest BCUT2D eigenvalue weighted by Crippen LogP contribution is -2.56. The summed E-state index contributed by atoms with van der Waals surface area (Å²) in [7, 11) is 0. The highest BCUT2D eigenvalue weighted by atomic mass is 19.1. The Bertz CT molecular complexity index is 691. The fraction of sp³-hybridized carbons (Fsp3) is 0.316. The SMILES string of the molecule is NNC(=O)CN1CCNCC1C(c1ccc(F)cc1)c1ccc(F)cc1. The number of piperazine rings is 1. The largest absolute Gasteiger partial charge is 0.314 e. The Morgan fingerprint density at radius 3 is 2.15 bits per heavy atom. The minimum Gasteiger partial charge on any atom is -0.314 e. The summed E-state index contributed by atoms with van der Waals surface area (Å²) in [6.07, 6.45) is 0. The molecule has 5 nitrogen and oxygen atoms in total. The zero-order chi connectivity index (χ0) is 18.5. The van der Waals surface area contributed by atoms with Gasteiger partial charge in [-0.25, -0.2) is 14.6 Å². The highest BCUT2D eigenvalue weighted by Gasteiger charge is 2.33. The van der Waals surface area contributed by atoms with E-state index in [0.717, 1.165) is 17.7 Å². The van der Waals surface area contributed by atoms with Crippen molar-refractivity contribution in [3.05, 3.63) is 71.3 Å². The number of nitrogens with one attached hydrogen (secondary N) is 2. The molecule has 0 saturated carbocycles. The van der Waals surface area contributed by atoms with Crippen molar-refractivity contribution in [2.75, 3.05) is 26.2 Å². The Labute approximate surface area is 151 Å². The van der Waals surface area contributed by atoms with Gasteiger partial charge >= 0.3 is 0 Å².